The van der Waals surface area contributed by atoms with E-state index in [2.05, 4.69) is 21.2 Å². The highest BCUT2D eigenvalue weighted by Crippen LogP contribution is 2.20. The minimum absolute atomic E-state index is 0.0766. The molecule has 3 rings (SSSR count). The molecule has 0 spiro atoms. The van der Waals surface area contributed by atoms with Gasteiger partial charge >= 0.3 is 0 Å². The molecule has 0 fully saturated rings. The molecule has 1 unspecified atom stereocenters. The van der Waals surface area contributed by atoms with Gasteiger partial charge in [0.05, 0.1) is 17.5 Å². The predicted octanol–water partition coefficient (Wildman–Crippen LogP) is 5.17. The van der Waals surface area contributed by atoms with Crippen molar-refractivity contribution in [3.8, 4) is 0 Å². The van der Waals surface area contributed by atoms with Gasteiger partial charge in [0.15, 0.2) is 0 Å². The van der Waals surface area contributed by atoms with Gasteiger partial charge in [0, 0.05) is 16.0 Å². The number of carbonyl (C=O) groups excluding carboxylic acids is 1. The Bertz CT molecular complexity index is 1120. The molecule has 0 bridgehead atoms. The van der Waals surface area contributed by atoms with Crippen LogP contribution in [0, 0.1) is 0 Å². The summed E-state index contributed by atoms with van der Waals surface area (Å²) in [6.07, 6.45) is 0. The lowest BCUT2D eigenvalue weighted by atomic mass is 10.1. The average molecular weight is 522 g/mol. The molecular weight excluding hydrogens is 500 g/mol. The number of hydrogen-bond acceptors (Lipinski definition) is 3. The van der Waals surface area contributed by atoms with Crippen LogP contribution in [0.25, 0.3) is 0 Å². The minimum atomic E-state index is -3.87. The molecule has 1 amide bonds. The van der Waals surface area contributed by atoms with Crippen LogP contribution in [-0.4, -0.2) is 25.2 Å². The molecule has 0 aliphatic rings. The summed E-state index contributed by atoms with van der Waals surface area (Å²) in [7, 11) is -3.87. The first-order valence-electron chi connectivity index (χ1n) is 9.60. The zero-order valence-corrected chi connectivity index (χ0v) is 20.0. The maximum absolute atomic E-state index is 13.3. The minimum Gasteiger partial charge on any atom is -0.348 e. The number of benzene rings is 3. The van der Waals surface area contributed by atoms with Crippen LogP contribution in [0.1, 0.15) is 24.1 Å². The van der Waals surface area contributed by atoms with Crippen LogP contribution < -0.4 is 5.32 Å². The molecule has 0 radical (unpaired) electrons. The Morgan fingerprint density at radius 2 is 1.61 bits per heavy atom. The van der Waals surface area contributed by atoms with Gasteiger partial charge in [0.1, 0.15) is 0 Å². The van der Waals surface area contributed by atoms with E-state index in [9.17, 15) is 13.2 Å². The number of rotatable bonds is 8. The first-order chi connectivity index (χ1) is 14.8. The molecule has 0 saturated carbocycles. The number of nitrogens with zero attached hydrogens (tertiary/aromatic N) is 1. The van der Waals surface area contributed by atoms with Crippen LogP contribution in [-0.2, 0) is 21.4 Å². The Hall–Kier alpha value is -2.19. The van der Waals surface area contributed by atoms with Gasteiger partial charge in [-0.2, -0.15) is 4.31 Å². The molecule has 1 atom stereocenters. The van der Waals surface area contributed by atoms with Crippen molar-refractivity contribution in [3.05, 3.63) is 99.5 Å². The number of halogens is 2. The standard InChI is InChI=1S/C23H22BrClN2O3S/c1-17(19-9-13-21(25)14-10-19)26-23(28)16-27(15-18-7-11-20(24)12-8-18)31(29,30)22-5-3-2-4-6-22/h2-14,17H,15-16H2,1H3,(H,26,28). The number of carbonyl (C=O) groups is 1. The van der Waals surface area contributed by atoms with Gasteiger partial charge in [-0.25, -0.2) is 8.42 Å². The van der Waals surface area contributed by atoms with Gasteiger partial charge in [-0.15, -0.1) is 0 Å². The Balaban J connectivity index is 1.81. The zero-order chi connectivity index (χ0) is 22.4. The molecule has 1 N–H and O–H groups in total. The van der Waals surface area contributed by atoms with Crippen molar-refractivity contribution >= 4 is 43.5 Å². The van der Waals surface area contributed by atoms with Crippen molar-refractivity contribution in [2.24, 2.45) is 0 Å². The third kappa shape index (κ3) is 6.40. The lowest BCUT2D eigenvalue weighted by Crippen LogP contribution is -2.41. The van der Waals surface area contributed by atoms with Crippen LogP contribution in [0.2, 0.25) is 5.02 Å². The molecule has 3 aromatic rings. The summed E-state index contributed by atoms with van der Waals surface area (Å²) in [5.74, 6) is -0.390. The van der Waals surface area contributed by atoms with Crippen LogP contribution in [0.4, 0.5) is 0 Å². The van der Waals surface area contributed by atoms with Crippen molar-refractivity contribution in [3.63, 3.8) is 0 Å². The molecule has 3 aromatic carbocycles. The Morgan fingerprint density at radius 3 is 2.23 bits per heavy atom. The van der Waals surface area contributed by atoms with Crippen LogP contribution in [0.15, 0.2) is 88.2 Å². The van der Waals surface area contributed by atoms with E-state index in [0.29, 0.717) is 5.02 Å². The van der Waals surface area contributed by atoms with E-state index in [1.807, 2.05) is 43.3 Å². The van der Waals surface area contributed by atoms with Crippen molar-refractivity contribution in [2.75, 3.05) is 6.54 Å². The van der Waals surface area contributed by atoms with E-state index in [1.165, 1.54) is 16.4 Å². The summed E-state index contributed by atoms with van der Waals surface area (Å²) < 4.78 is 28.6. The second kappa shape index (κ2) is 10.4. The molecule has 0 heterocycles. The summed E-state index contributed by atoms with van der Waals surface area (Å²) in [6, 6.07) is 22.3. The lowest BCUT2D eigenvalue weighted by Gasteiger charge is -2.23. The molecule has 8 heteroatoms. The summed E-state index contributed by atoms with van der Waals surface area (Å²) in [5, 5.41) is 3.48. The second-order valence-corrected chi connectivity index (χ2v) is 10.3. The highest BCUT2D eigenvalue weighted by Gasteiger charge is 2.27. The summed E-state index contributed by atoms with van der Waals surface area (Å²) in [6.45, 7) is 1.62. The van der Waals surface area contributed by atoms with Gasteiger partial charge in [-0.1, -0.05) is 70.0 Å². The van der Waals surface area contributed by atoms with E-state index in [0.717, 1.165) is 15.6 Å². The summed E-state index contributed by atoms with van der Waals surface area (Å²) >= 11 is 9.30. The topological polar surface area (TPSA) is 66.5 Å². The summed E-state index contributed by atoms with van der Waals surface area (Å²) in [5.41, 5.74) is 1.66. The first kappa shape index (κ1) is 23.5. The fourth-order valence-corrected chi connectivity index (χ4v) is 4.84. The van der Waals surface area contributed by atoms with Crippen molar-refractivity contribution in [1.29, 1.82) is 0 Å². The molecular formula is C23H22BrClN2O3S. The largest absolute Gasteiger partial charge is 0.348 e. The monoisotopic (exact) mass is 520 g/mol. The Labute approximate surface area is 196 Å². The fraction of sp³-hybridized carbons (Fsp3) is 0.174. The predicted molar refractivity (Wildman–Crippen MR) is 126 cm³/mol. The van der Waals surface area contributed by atoms with Crippen LogP contribution in [0.3, 0.4) is 0 Å². The number of nitrogens with one attached hydrogen (secondary N) is 1. The van der Waals surface area contributed by atoms with Gasteiger partial charge < -0.3 is 5.32 Å². The average Bonchev–Trinajstić information content (AvgIpc) is 2.75. The maximum atomic E-state index is 13.3. The molecule has 0 saturated heterocycles. The molecule has 31 heavy (non-hydrogen) atoms. The van der Waals surface area contributed by atoms with E-state index in [4.69, 9.17) is 11.6 Å². The second-order valence-electron chi connectivity index (χ2n) is 7.05. The Morgan fingerprint density at radius 1 is 1.00 bits per heavy atom. The highest BCUT2D eigenvalue weighted by molar-refractivity contribution is 9.10. The van der Waals surface area contributed by atoms with Crippen LogP contribution in [0.5, 0.6) is 0 Å². The molecule has 0 aliphatic carbocycles. The molecule has 0 aromatic heterocycles. The fourth-order valence-electron chi connectivity index (χ4n) is 3.04. The van der Waals surface area contributed by atoms with Gasteiger partial charge in [0.2, 0.25) is 15.9 Å². The zero-order valence-electron chi connectivity index (χ0n) is 16.8. The molecule has 5 nitrogen and oxygen atoms in total. The SMILES string of the molecule is CC(NC(=O)CN(Cc1ccc(Br)cc1)S(=O)(=O)c1ccccc1)c1ccc(Cl)cc1. The summed E-state index contributed by atoms with van der Waals surface area (Å²) in [4.78, 5) is 12.9. The normalized spacial score (nSPS) is 12.5. The molecule has 162 valence electrons. The number of amides is 1. The quantitative estimate of drug-likeness (QED) is 0.445. The van der Waals surface area contributed by atoms with E-state index in [-0.39, 0.29) is 29.9 Å². The van der Waals surface area contributed by atoms with Gasteiger partial charge in [-0.3, -0.25) is 4.79 Å². The van der Waals surface area contributed by atoms with Crippen molar-refractivity contribution in [1.82, 2.24) is 9.62 Å². The number of hydrogen-bond donors (Lipinski definition) is 1. The molecule has 0 aliphatic heterocycles. The first-order valence-corrected chi connectivity index (χ1v) is 12.2. The van der Waals surface area contributed by atoms with Crippen LogP contribution >= 0.6 is 27.5 Å². The van der Waals surface area contributed by atoms with Crippen molar-refractivity contribution in [2.45, 2.75) is 24.4 Å². The van der Waals surface area contributed by atoms with E-state index >= 15 is 0 Å². The maximum Gasteiger partial charge on any atom is 0.243 e. The highest BCUT2D eigenvalue weighted by atomic mass is 79.9. The van der Waals surface area contributed by atoms with E-state index < -0.39 is 10.0 Å². The third-order valence-corrected chi connectivity index (χ3v) is 7.31. The third-order valence-electron chi connectivity index (χ3n) is 4.72. The van der Waals surface area contributed by atoms with Gasteiger partial charge in [0.25, 0.3) is 0 Å². The van der Waals surface area contributed by atoms with Gasteiger partial charge in [-0.05, 0) is 54.4 Å². The Kier molecular flexibility index (Phi) is 7.89. The van der Waals surface area contributed by atoms with E-state index in [1.54, 1.807) is 30.3 Å². The lowest BCUT2D eigenvalue weighted by molar-refractivity contribution is -0.122. The van der Waals surface area contributed by atoms with Crippen molar-refractivity contribution < 1.29 is 13.2 Å². The number of sulfonamides is 1. The smallest absolute Gasteiger partial charge is 0.243 e.